The zero-order chi connectivity index (χ0) is 34.4. The molecule has 46 heavy (non-hydrogen) atoms. The minimum Gasteiger partial charge on any atom is -0.489 e. The van der Waals surface area contributed by atoms with E-state index < -0.39 is 36.7 Å². The summed E-state index contributed by atoms with van der Waals surface area (Å²) in [5.41, 5.74) is -1.29. The number of nitrogens with zero attached hydrogens (tertiary/aromatic N) is 6. The molecule has 0 bridgehead atoms. The SMILES string of the molecule is C[C@H]1CN(c2nc(=O)n(-c3c(OCCO[Si](C)(C)C(C)(C)C)ccnc3Cl)c3nc(Cl)c(F)cc23)[C@@H](C)CN1C(=O)OC(C)(C)C. The fourth-order valence-corrected chi connectivity index (χ4v) is 6.29. The minimum atomic E-state index is -2.02. The van der Waals surface area contributed by atoms with Gasteiger partial charge in [0.05, 0.1) is 12.0 Å². The molecule has 0 spiro atoms. The molecule has 0 aliphatic carbocycles. The normalized spacial score (nSPS) is 17.8. The fourth-order valence-electron chi connectivity index (χ4n) is 4.90. The van der Waals surface area contributed by atoms with Crippen LogP contribution in [-0.4, -0.2) is 82.8 Å². The third-order valence-corrected chi connectivity index (χ3v) is 13.4. The first-order valence-electron chi connectivity index (χ1n) is 15.2. The van der Waals surface area contributed by atoms with Crippen molar-refractivity contribution < 1.29 is 23.1 Å². The number of hydrogen-bond donors (Lipinski definition) is 0. The molecular formula is C31H43Cl2FN6O5Si. The Morgan fingerprint density at radius 3 is 2.35 bits per heavy atom. The summed E-state index contributed by atoms with van der Waals surface area (Å²) in [6, 6.07) is 2.15. The van der Waals surface area contributed by atoms with Crippen LogP contribution in [0.2, 0.25) is 28.4 Å². The number of fused-ring (bicyclic) bond motifs is 1. The molecule has 252 valence electrons. The molecule has 1 aliphatic heterocycles. The number of pyridine rings is 2. The number of halogens is 3. The monoisotopic (exact) mass is 696 g/mol. The largest absolute Gasteiger partial charge is 0.489 e. The average molecular weight is 698 g/mol. The molecule has 0 unspecified atom stereocenters. The second-order valence-electron chi connectivity index (χ2n) is 14.1. The lowest BCUT2D eigenvalue weighted by molar-refractivity contribution is 0.0130. The Bertz CT molecular complexity index is 1680. The van der Waals surface area contributed by atoms with E-state index in [0.717, 1.165) is 4.57 Å². The maximum absolute atomic E-state index is 15.0. The van der Waals surface area contributed by atoms with Crippen LogP contribution in [0.3, 0.4) is 0 Å². The van der Waals surface area contributed by atoms with Crippen LogP contribution in [0, 0.1) is 5.82 Å². The number of amides is 1. The number of ether oxygens (including phenoxy) is 2. The van der Waals surface area contributed by atoms with Gasteiger partial charge in [0.25, 0.3) is 0 Å². The lowest BCUT2D eigenvalue weighted by atomic mass is 10.1. The molecule has 3 aromatic heterocycles. The molecule has 4 heterocycles. The summed E-state index contributed by atoms with van der Waals surface area (Å²) in [6.07, 6.45) is 1.02. The Morgan fingerprint density at radius 2 is 1.72 bits per heavy atom. The van der Waals surface area contributed by atoms with E-state index in [1.54, 1.807) is 31.7 Å². The van der Waals surface area contributed by atoms with Crippen LogP contribution in [0.25, 0.3) is 16.7 Å². The third kappa shape index (κ3) is 7.58. The lowest BCUT2D eigenvalue weighted by Gasteiger charge is -2.44. The molecule has 0 aromatic carbocycles. The van der Waals surface area contributed by atoms with Crippen molar-refractivity contribution >= 4 is 54.5 Å². The second kappa shape index (κ2) is 13.2. The molecule has 0 saturated carbocycles. The molecular weight excluding hydrogens is 654 g/mol. The van der Waals surface area contributed by atoms with Crippen molar-refractivity contribution in [2.75, 3.05) is 31.2 Å². The van der Waals surface area contributed by atoms with Gasteiger partial charge in [0.1, 0.15) is 29.5 Å². The highest BCUT2D eigenvalue weighted by atomic mass is 35.5. The van der Waals surface area contributed by atoms with Gasteiger partial charge >= 0.3 is 11.8 Å². The molecule has 3 aromatic rings. The Kier molecular flexibility index (Phi) is 10.3. The van der Waals surface area contributed by atoms with E-state index in [1.165, 1.54) is 12.3 Å². The molecule has 15 heteroatoms. The van der Waals surface area contributed by atoms with Gasteiger partial charge in [-0.1, -0.05) is 44.0 Å². The maximum Gasteiger partial charge on any atom is 0.410 e. The summed E-state index contributed by atoms with van der Waals surface area (Å²) in [5, 5.41) is -0.232. The maximum atomic E-state index is 15.0. The number of piperazine rings is 1. The first-order chi connectivity index (χ1) is 21.2. The van der Waals surface area contributed by atoms with Crippen LogP contribution < -0.4 is 15.3 Å². The van der Waals surface area contributed by atoms with Crippen molar-refractivity contribution in [1.82, 2.24) is 24.4 Å². The molecule has 2 atom stereocenters. The van der Waals surface area contributed by atoms with Gasteiger partial charge in [0.2, 0.25) is 0 Å². The summed E-state index contributed by atoms with van der Waals surface area (Å²) in [7, 11) is -2.02. The summed E-state index contributed by atoms with van der Waals surface area (Å²) >= 11 is 12.7. The van der Waals surface area contributed by atoms with Gasteiger partial charge in [-0.15, -0.1) is 0 Å². The van der Waals surface area contributed by atoms with E-state index >= 15 is 4.39 Å². The van der Waals surface area contributed by atoms with Gasteiger partial charge < -0.3 is 23.7 Å². The van der Waals surface area contributed by atoms with Crippen LogP contribution >= 0.6 is 23.2 Å². The molecule has 1 amide bonds. The predicted octanol–water partition coefficient (Wildman–Crippen LogP) is 6.86. The topological polar surface area (TPSA) is 112 Å². The van der Waals surface area contributed by atoms with Gasteiger partial charge in [0.15, 0.2) is 30.1 Å². The van der Waals surface area contributed by atoms with Gasteiger partial charge in [-0.3, -0.25) is 0 Å². The van der Waals surface area contributed by atoms with Crippen LogP contribution in [0.4, 0.5) is 15.0 Å². The summed E-state index contributed by atoms with van der Waals surface area (Å²) in [4.78, 5) is 43.2. The molecule has 1 saturated heterocycles. The second-order valence-corrected chi connectivity index (χ2v) is 19.6. The molecule has 1 aliphatic rings. The lowest BCUT2D eigenvalue weighted by Crippen LogP contribution is -2.59. The Balaban J connectivity index is 1.75. The minimum absolute atomic E-state index is 0.0214. The Labute approximate surface area is 280 Å². The van der Waals surface area contributed by atoms with E-state index in [2.05, 4.69) is 48.8 Å². The van der Waals surface area contributed by atoms with Gasteiger partial charge in [0, 0.05) is 37.4 Å². The number of carbonyl (C=O) groups excluding carboxylic acids is 1. The van der Waals surface area contributed by atoms with Gasteiger partial charge in [-0.25, -0.2) is 28.5 Å². The van der Waals surface area contributed by atoms with Crippen molar-refractivity contribution in [1.29, 1.82) is 0 Å². The molecule has 1 fully saturated rings. The van der Waals surface area contributed by atoms with E-state index in [9.17, 15) is 9.59 Å². The Hall–Kier alpha value is -3.00. The highest BCUT2D eigenvalue weighted by Gasteiger charge is 2.38. The number of aromatic nitrogens is 4. The van der Waals surface area contributed by atoms with Crippen LogP contribution in [0.15, 0.2) is 23.1 Å². The van der Waals surface area contributed by atoms with Crippen LogP contribution in [-0.2, 0) is 9.16 Å². The van der Waals surface area contributed by atoms with Crippen LogP contribution in [0.1, 0.15) is 55.4 Å². The predicted molar refractivity (Wildman–Crippen MR) is 181 cm³/mol. The van der Waals surface area contributed by atoms with Gasteiger partial charge in [-0.05, 0) is 58.8 Å². The molecule has 0 radical (unpaired) electrons. The third-order valence-electron chi connectivity index (χ3n) is 8.32. The highest BCUT2D eigenvalue weighted by Crippen LogP contribution is 2.37. The summed E-state index contributed by atoms with van der Waals surface area (Å²) in [6.45, 7) is 21.0. The van der Waals surface area contributed by atoms with E-state index in [1.807, 2.05) is 18.7 Å². The number of rotatable bonds is 7. The van der Waals surface area contributed by atoms with Gasteiger partial charge in [-0.2, -0.15) is 4.98 Å². The van der Waals surface area contributed by atoms with Crippen molar-refractivity contribution in [3.8, 4) is 11.4 Å². The van der Waals surface area contributed by atoms with E-state index in [0.29, 0.717) is 13.2 Å². The highest BCUT2D eigenvalue weighted by molar-refractivity contribution is 6.74. The smallest absolute Gasteiger partial charge is 0.410 e. The van der Waals surface area contributed by atoms with Crippen molar-refractivity contribution in [3.05, 3.63) is 44.9 Å². The Morgan fingerprint density at radius 1 is 1.04 bits per heavy atom. The van der Waals surface area contributed by atoms with Crippen LogP contribution in [0.5, 0.6) is 5.75 Å². The van der Waals surface area contributed by atoms with E-state index in [4.69, 9.17) is 37.1 Å². The van der Waals surface area contributed by atoms with Crippen molar-refractivity contribution in [2.45, 2.75) is 91.2 Å². The molecule has 11 nitrogen and oxygen atoms in total. The fraction of sp³-hybridized carbons (Fsp3) is 0.581. The quantitative estimate of drug-likeness (QED) is 0.149. The zero-order valence-corrected chi connectivity index (χ0v) is 30.6. The number of hydrogen-bond acceptors (Lipinski definition) is 9. The average Bonchev–Trinajstić information content (AvgIpc) is 2.92. The number of anilines is 1. The van der Waals surface area contributed by atoms with Crippen molar-refractivity contribution in [2.24, 2.45) is 0 Å². The first kappa shape index (κ1) is 35.8. The first-order valence-corrected chi connectivity index (χ1v) is 18.8. The molecule has 4 rings (SSSR count). The standard InChI is InChI=1S/C31H43Cl2FN6O5Si/c1-18-17-39(29(42)45-30(3,4)5)19(2)16-38(18)26-20-15-21(34)24(32)36-27(20)40(28(41)37-26)23-22(11-12-35-25(23)33)43-13-14-44-46(9,10)31(6,7)8/h11-12,15,18-19H,13-14,16-17H2,1-10H3/t18-,19-/m0/s1. The van der Waals surface area contributed by atoms with Crippen molar-refractivity contribution in [3.63, 3.8) is 0 Å². The number of carbonyl (C=O) groups is 1. The summed E-state index contributed by atoms with van der Waals surface area (Å²) in [5.74, 6) is -0.341. The summed E-state index contributed by atoms with van der Waals surface area (Å²) < 4.78 is 34.0. The van der Waals surface area contributed by atoms with E-state index in [-0.39, 0.29) is 63.7 Å². The molecule has 0 N–H and O–H groups in total. The zero-order valence-electron chi connectivity index (χ0n) is 28.1.